The molecule has 0 fully saturated rings. The summed E-state index contributed by atoms with van der Waals surface area (Å²) in [4.78, 5) is 30.5. The van der Waals surface area contributed by atoms with Gasteiger partial charge in [-0.2, -0.15) is 0 Å². The van der Waals surface area contributed by atoms with Gasteiger partial charge in [-0.05, 0) is 150 Å². The Kier molecular flexibility index (Phi) is 14.8. The Labute approximate surface area is 604 Å². The van der Waals surface area contributed by atoms with Crippen molar-refractivity contribution in [2.45, 2.75) is 0 Å². The number of benzene rings is 18. The molecule has 7 heteroatoms. The molecule has 0 atom stereocenters. The van der Waals surface area contributed by atoms with E-state index in [1.165, 1.54) is 91.7 Å². The van der Waals surface area contributed by atoms with E-state index in [4.69, 9.17) is 34.3 Å². The van der Waals surface area contributed by atoms with E-state index in [2.05, 4.69) is 267 Å². The fourth-order valence-corrected chi connectivity index (χ4v) is 15.6. The largest absolute Gasteiger partial charge is 0.456 e. The molecule has 3 aromatic heterocycles. The normalized spacial score (nSPS) is 11.6. The van der Waals surface area contributed by atoms with Gasteiger partial charge in [0.15, 0.2) is 34.9 Å². The molecule has 3 heterocycles. The van der Waals surface area contributed by atoms with Gasteiger partial charge in [0.2, 0.25) is 0 Å². The predicted octanol–water partition coefficient (Wildman–Crippen LogP) is 25.9. The van der Waals surface area contributed by atoms with Crippen LogP contribution >= 0.6 is 0 Å². The number of nitrogens with zero attached hydrogens (tertiary/aromatic N) is 6. The Morgan fingerprint density at radius 2 is 0.467 bits per heavy atom. The van der Waals surface area contributed by atoms with E-state index in [0.717, 1.165) is 83.1 Å². The van der Waals surface area contributed by atoms with Gasteiger partial charge in [-0.1, -0.05) is 334 Å². The molecule has 0 saturated carbocycles. The molecule has 7 nitrogen and oxygen atoms in total. The summed E-state index contributed by atoms with van der Waals surface area (Å²) in [7, 11) is 0. The SMILES string of the molecule is c1ccc(-c2cccc(-c3nc(-c4ccccc4)nc(-c4cccc(-c5cccc6c5ccc5ccc7c8ccccc8ccc7c56)c4)n3)c2)cc1.c1ccc(-c2nc(-c3cccc(-c4cccc5c4ccc4ccc6c7ccccc7ccc6c45)c3)nc(-c3cccc4oc5ccccc5c34)n2)cc1. The highest BCUT2D eigenvalue weighted by Gasteiger charge is 2.21. The van der Waals surface area contributed by atoms with Crippen molar-refractivity contribution < 1.29 is 4.42 Å². The lowest BCUT2D eigenvalue weighted by molar-refractivity contribution is 0.669. The van der Waals surface area contributed by atoms with E-state index in [9.17, 15) is 0 Å². The molecule has 0 radical (unpaired) electrons. The molecule has 0 unspecified atom stereocenters. The van der Waals surface area contributed by atoms with Crippen molar-refractivity contribution in [3.05, 3.63) is 364 Å². The summed E-state index contributed by atoms with van der Waals surface area (Å²) in [6.45, 7) is 0. The third-order valence-corrected chi connectivity index (χ3v) is 20.6. The van der Waals surface area contributed by atoms with Crippen molar-refractivity contribution in [2.75, 3.05) is 0 Å². The number of hydrogen-bond donors (Lipinski definition) is 0. The molecule has 0 amide bonds. The van der Waals surface area contributed by atoms with E-state index >= 15 is 0 Å². The van der Waals surface area contributed by atoms with Crippen molar-refractivity contribution in [2.24, 2.45) is 0 Å². The minimum absolute atomic E-state index is 0.604. The van der Waals surface area contributed by atoms with Crippen LogP contribution in [-0.4, -0.2) is 29.9 Å². The molecule has 18 aromatic carbocycles. The summed E-state index contributed by atoms with van der Waals surface area (Å²) in [6.07, 6.45) is 0. The molecule has 488 valence electrons. The molecule has 105 heavy (non-hydrogen) atoms. The standard InChI is InChI=1S/C49H29N3O.C49H31N3/c1-2-12-32(13-3-1)47-50-48(52-49(51-47)42-20-10-22-44-46(42)41-17-6-7-21-43(41)53-44)34-15-8-14-33(29-34)36-18-9-19-39-38(36)27-25-31-24-26-37-35-16-5-4-11-30(35)23-28-40(37)45(31)39;1-3-12-32(13-4-1)36-17-9-19-38(30-36)48-50-47(35-15-5-2-6-16-35)51-49(52-48)39-20-10-18-37(31-39)41-22-11-23-44-43(41)28-26-34-25-27-42-40-21-8-7-14-33(40)24-29-45(42)46(34)44/h1-29H;1-31H. The van der Waals surface area contributed by atoms with Crippen molar-refractivity contribution in [1.29, 1.82) is 0 Å². The molecule has 0 aliphatic heterocycles. The quantitative estimate of drug-likeness (QED) is 0.133. The lowest BCUT2D eigenvalue weighted by Crippen LogP contribution is -2.00. The minimum atomic E-state index is 0.604. The van der Waals surface area contributed by atoms with Crippen LogP contribution in [0.3, 0.4) is 0 Å². The van der Waals surface area contributed by atoms with E-state index in [1.807, 2.05) is 97.1 Å². The first-order valence-electron chi connectivity index (χ1n) is 35.5. The van der Waals surface area contributed by atoms with E-state index < -0.39 is 0 Å². The molecule has 0 saturated heterocycles. The highest BCUT2D eigenvalue weighted by Crippen LogP contribution is 2.44. The van der Waals surface area contributed by atoms with Gasteiger partial charge in [0, 0.05) is 44.2 Å². The summed E-state index contributed by atoms with van der Waals surface area (Å²) >= 11 is 0. The first-order chi connectivity index (χ1) is 52.0. The molecule has 0 bridgehead atoms. The number of aromatic nitrogens is 6. The number of para-hydroxylation sites is 1. The molecular weight excluding hydrogens is 1280 g/mol. The molecule has 0 spiro atoms. The third kappa shape index (κ3) is 10.8. The summed E-state index contributed by atoms with van der Waals surface area (Å²) in [6, 6.07) is 128. The van der Waals surface area contributed by atoms with Crippen LogP contribution in [0.15, 0.2) is 368 Å². The number of furan rings is 1. The zero-order chi connectivity index (χ0) is 69.3. The van der Waals surface area contributed by atoms with Gasteiger partial charge in [-0.3, -0.25) is 0 Å². The average molecular weight is 1340 g/mol. The summed E-state index contributed by atoms with van der Waals surface area (Å²) in [5, 5.41) is 22.1. The number of hydrogen-bond acceptors (Lipinski definition) is 7. The van der Waals surface area contributed by atoms with Crippen molar-refractivity contribution in [3.63, 3.8) is 0 Å². The molecule has 0 aliphatic rings. The monoisotopic (exact) mass is 1340 g/mol. The second kappa shape index (κ2) is 25.5. The maximum absolute atomic E-state index is 6.24. The summed E-state index contributed by atoms with van der Waals surface area (Å²) in [5.41, 5.74) is 14.0. The zero-order valence-electron chi connectivity index (χ0n) is 56.7. The average Bonchev–Trinajstić information content (AvgIpc) is 0.807. The van der Waals surface area contributed by atoms with Gasteiger partial charge in [-0.15, -0.1) is 0 Å². The fraction of sp³-hybridized carbons (Fsp3) is 0. The second-order valence-corrected chi connectivity index (χ2v) is 26.8. The second-order valence-electron chi connectivity index (χ2n) is 26.8. The summed E-state index contributed by atoms with van der Waals surface area (Å²) < 4.78 is 6.24. The first-order valence-corrected chi connectivity index (χ1v) is 35.5. The van der Waals surface area contributed by atoms with E-state index in [0.29, 0.717) is 34.9 Å². The Morgan fingerprint density at radius 3 is 0.971 bits per heavy atom. The van der Waals surface area contributed by atoms with Crippen LogP contribution in [-0.2, 0) is 0 Å². The van der Waals surface area contributed by atoms with E-state index in [1.54, 1.807) is 0 Å². The van der Waals surface area contributed by atoms with Gasteiger partial charge >= 0.3 is 0 Å². The van der Waals surface area contributed by atoms with E-state index in [-0.39, 0.29) is 0 Å². The highest BCUT2D eigenvalue weighted by molar-refractivity contribution is 6.27. The minimum Gasteiger partial charge on any atom is -0.456 e. The Hall–Kier alpha value is -14.1. The smallest absolute Gasteiger partial charge is 0.164 e. The summed E-state index contributed by atoms with van der Waals surface area (Å²) in [5.74, 6) is 3.77. The van der Waals surface area contributed by atoms with Gasteiger partial charge in [0.1, 0.15) is 11.2 Å². The van der Waals surface area contributed by atoms with Crippen LogP contribution in [0.4, 0.5) is 0 Å². The van der Waals surface area contributed by atoms with Crippen LogP contribution in [0.5, 0.6) is 0 Å². The van der Waals surface area contributed by atoms with Gasteiger partial charge in [0.05, 0.1) is 0 Å². The third-order valence-electron chi connectivity index (χ3n) is 20.6. The lowest BCUT2D eigenvalue weighted by Gasteiger charge is -2.14. The zero-order valence-corrected chi connectivity index (χ0v) is 56.7. The van der Waals surface area contributed by atoms with Crippen molar-refractivity contribution in [3.8, 4) is 102 Å². The van der Waals surface area contributed by atoms with Crippen LogP contribution < -0.4 is 0 Å². The van der Waals surface area contributed by atoms with Gasteiger partial charge in [-0.25, -0.2) is 29.9 Å². The molecule has 21 aromatic rings. The lowest BCUT2D eigenvalue weighted by atomic mass is 9.90. The first kappa shape index (κ1) is 60.8. The number of fused-ring (bicyclic) bond motifs is 17. The van der Waals surface area contributed by atoms with Gasteiger partial charge < -0.3 is 4.42 Å². The fourth-order valence-electron chi connectivity index (χ4n) is 15.6. The molecule has 0 aliphatic carbocycles. The predicted molar refractivity (Wildman–Crippen MR) is 436 cm³/mol. The topological polar surface area (TPSA) is 90.5 Å². The van der Waals surface area contributed by atoms with Crippen molar-refractivity contribution >= 4 is 108 Å². The molecular formula is C98H60N6O. The molecule has 21 rings (SSSR count). The highest BCUT2D eigenvalue weighted by atomic mass is 16.3. The Bertz CT molecular complexity index is 7030. The number of rotatable bonds is 9. The van der Waals surface area contributed by atoms with Crippen LogP contribution in [0.1, 0.15) is 0 Å². The Balaban J connectivity index is 0.000000139. The van der Waals surface area contributed by atoms with Crippen molar-refractivity contribution in [1.82, 2.24) is 29.9 Å². The van der Waals surface area contributed by atoms with Crippen LogP contribution in [0.2, 0.25) is 0 Å². The van der Waals surface area contributed by atoms with Crippen LogP contribution in [0.25, 0.3) is 210 Å². The maximum Gasteiger partial charge on any atom is 0.164 e. The van der Waals surface area contributed by atoms with Crippen LogP contribution in [0, 0.1) is 0 Å². The van der Waals surface area contributed by atoms with Gasteiger partial charge in [0.25, 0.3) is 0 Å². The maximum atomic E-state index is 6.24. The molecule has 0 N–H and O–H groups in total. The Morgan fingerprint density at radius 1 is 0.152 bits per heavy atom.